The Morgan fingerprint density at radius 3 is 2.52 bits per heavy atom. The zero-order valence-electron chi connectivity index (χ0n) is 15.5. The fourth-order valence-corrected chi connectivity index (χ4v) is 3.35. The van der Waals surface area contributed by atoms with Crippen LogP contribution in [0.15, 0.2) is 60.7 Å². The smallest absolute Gasteiger partial charge is 0.219 e. The summed E-state index contributed by atoms with van der Waals surface area (Å²) in [5.74, 6) is 1.95. The fraction of sp³-hybridized carbons (Fsp3) is 0.273. The lowest BCUT2D eigenvalue weighted by atomic mass is 10.2. The van der Waals surface area contributed by atoms with Crippen molar-refractivity contribution in [2.24, 2.45) is 0 Å². The maximum Gasteiger partial charge on any atom is 0.219 e. The number of piperazine rings is 1. The average molecular weight is 361 g/mol. The fourth-order valence-electron chi connectivity index (χ4n) is 3.35. The number of pyridine rings is 1. The van der Waals surface area contributed by atoms with E-state index in [9.17, 15) is 4.79 Å². The third-order valence-corrected chi connectivity index (χ3v) is 4.94. The molecule has 27 heavy (non-hydrogen) atoms. The van der Waals surface area contributed by atoms with Crippen LogP contribution in [0, 0.1) is 0 Å². The Bertz CT molecular complexity index is 935. The molecule has 5 nitrogen and oxygen atoms in total. The summed E-state index contributed by atoms with van der Waals surface area (Å²) in [6.45, 7) is 5.31. The number of carbonyl (C=O) groups is 1. The molecule has 0 spiro atoms. The molecule has 0 saturated carbocycles. The first-order valence-corrected chi connectivity index (χ1v) is 9.27. The van der Waals surface area contributed by atoms with Crippen molar-refractivity contribution in [3.8, 4) is 5.75 Å². The number of amides is 1. The number of hydrogen-bond acceptors (Lipinski definition) is 4. The van der Waals surface area contributed by atoms with Crippen molar-refractivity contribution < 1.29 is 9.53 Å². The molecule has 1 amide bonds. The highest BCUT2D eigenvalue weighted by Crippen LogP contribution is 2.24. The zero-order chi connectivity index (χ0) is 18.6. The second-order valence-electron chi connectivity index (χ2n) is 6.79. The molecule has 4 rings (SSSR count). The molecule has 0 bridgehead atoms. The molecule has 5 heteroatoms. The monoisotopic (exact) mass is 361 g/mol. The first-order valence-electron chi connectivity index (χ1n) is 9.27. The van der Waals surface area contributed by atoms with Crippen LogP contribution in [-0.2, 0) is 11.4 Å². The van der Waals surface area contributed by atoms with Crippen molar-refractivity contribution in [3.63, 3.8) is 0 Å². The van der Waals surface area contributed by atoms with Crippen LogP contribution in [0.1, 0.15) is 12.5 Å². The number of aromatic nitrogens is 1. The van der Waals surface area contributed by atoms with E-state index in [0.29, 0.717) is 6.61 Å². The van der Waals surface area contributed by atoms with E-state index in [1.54, 1.807) is 6.92 Å². The SMILES string of the molecule is CC(=O)N1CCN(c2ccc3cc(OCc4ccccc4)ccc3n2)CC1. The van der Waals surface area contributed by atoms with Crippen LogP contribution >= 0.6 is 0 Å². The molecule has 1 aliphatic rings. The molecule has 0 unspecified atom stereocenters. The van der Waals surface area contributed by atoms with Crippen molar-refractivity contribution in [2.45, 2.75) is 13.5 Å². The Hall–Kier alpha value is -3.08. The summed E-state index contributed by atoms with van der Waals surface area (Å²) < 4.78 is 5.91. The maximum atomic E-state index is 11.5. The highest BCUT2D eigenvalue weighted by atomic mass is 16.5. The number of carbonyl (C=O) groups excluding carboxylic acids is 1. The van der Waals surface area contributed by atoms with Gasteiger partial charge in [0.05, 0.1) is 5.52 Å². The summed E-state index contributed by atoms with van der Waals surface area (Å²) in [6, 6.07) is 20.3. The van der Waals surface area contributed by atoms with Gasteiger partial charge in [-0.3, -0.25) is 4.79 Å². The van der Waals surface area contributed by atoms with E-state index in [-0.39, 0.29) is 5.91 Å². The average Bonchev–Trinajstić information content (AvgIpc) is 2.72. The van der Waals surface area contributed by atoms with E-state index in [4.69, 9.17) is 9.72 Å². The molecule has 1 fully saturated rings. The molecule has 1 saturated heterocycles. The summed E-state index contributed by atoms with van der Waals surface area (Å²) in [5.41, 5.74) is 2.10. The maximum absolute atomic E-state index is 11.5. The van der Waals surface area contributed by atoms with Gasteiger partial charge in [0.2, 0.25) is 5.91 Å². The molecule has 138 valence electrons. The Labute approximate surface area is 159 Å². The number of benzene rings is 2. The molecule has 1 aliphatic heterocycles. The van der Waals surface area contributed by atoms with Gasteiger partial charge in [0.25, 0.3) is 0 Å². The number of nitrogens with zero attached hydrogens (tertiary/aromatic N) is 3. The highest BCUT2D eigenvalue weighted by Gasteiger charge is 2.19. The topological polar surface area (TPSA) is 45.7 Å². The number of anilines is 1. The van der Waals surface area contributed by atoms with Gasteiger partial charge in [0.15, 0.2) is 0 Å². The molecule has 0 atom stereocenters. The minimum absolute atomic E-state index is 0.143. The second-order valence-corrected chi connectivity index (χ2v) is 6.79. The van der Waals surface area contributed by atoms with Gasteiger partial charge < -0.3 is 14.5 Å². The van der Waals surface area contributed by atoms with E-state index in [1.165, 1.54) is 0 Å². The van der Waals surface area contributed by atoms with E-state index < -0.39 is 0 Å². The lowest BCUT2D eigenvalue weighted by Crippen LogP contribution is -2.48. The highest BCUT2D eigenvalue weighted by molar-refractivity contribution is 5.82. The summed E-state index contributed by atoms with van der Waals surface area (Å²) in [5, 5.41) is 1.06. The quantitative estimate of drug-likeness (QED) is 0.714. The summed E-state index contributed by atoms with van der Waals surface area (Å²) >= 11 is 0. The normalized spacial score (nSPS) is 14.4. The largest absolute Gasteiger partial charge is 0.489 e. The molecular formula is C22H23N3O2. The van der Waals surface area contributed by atoms with Crippen molar-refractivity contribution in [1.29, 1.82) is 0 Å². The standard InChI is InChI=1S/C22H23N3O2/c1-17(26)24-11-13-25(14-12-24)22-10-7-19-15-20(8-9-21(19)23-22)27-16-18-5-3-2-4-6-18/h2-10,15H,11-14,16H2,1H3. The van der Waals surface area contributed by atoms with E-state index in [0.717, 1.165) is 54.2 Å². The number of ether oxygens (including phenoxy) is 1. The van der Waals surface area contributed by atoms with Gasteiger partial charge in [0, 0.05) is 38.5 Å². The van der Waals surface area contributed by atoms with Crippen molar-refractivity contribution in [1.82, 2.24) is 9.88 Å². The minimum atomic E-state index is 0.143. The first kappa shape index (κ1) is 17.3. The summed E-state index contributed by atoms with van der Waals surface area (Å²) in [4.78, 5) is 20.4. The van der Waals surface area contributed by atoms with Crippen LogP contribution in [0.2, 0.25) is 0 Å². The third-order valence-electron chi connectivity index (χ3n) is 4.94. The number of hydrogen-bond donors (Lipinski definition) is 0. The van der Waals surface area contributed by atoms with Gasteiger partial charge in [-0.15, -0.1) is 0 Å². The Morgan fingerprint density at radius 2 is 1.78 bits per heavy atom. The van der Waals surface area contributed by atoms with Crippen molar-refractivity contribution in [3.05, 3.63) is 66.2 Å². The van der Waals surface area contributed by atoms with E-state index >= 15 is 0 Å². The molecule has 3 aromatic rings. The second kappa shape index (κ2) is 7.66. The molecule has 0 aliphatic carbocycles. The van der Waals surface area contributed by atoms with Gasteiger partial charge in [-0.25, -0.2) is 4.98 Å². The van der Waals surface area contributed by atoms with Crippen LogP contribution < -0.4 is 9.64 Å². The van der Waals surface area contributed by atoms with Gasteiger partial charge >= 0.3 is 0 Å². The van der Waals surface area contributed by atoms with Crippen molar-refractivity contribution in [2.75, 3.05) is 31.1 Å². The summed E-state index contributed by atoms with van der Waals surface area (Å²) in [6.07, 6.45) is 0. The molecule has 2 heterocycles. The Balaban J connectivity index is 1.45. The molecule has 0 N–H and O–H groups in total. The van der Waals surface area contributed by atoms with Gasteiger partial charge in [-0.05, 0) is 35.9 Å². The predicted molar refractivity (Wildman–Crippen MR) is 107 cm³/mol. The lowest BCUT2D eigenvalue weighted by molar-refractivity contribution is -0.129. The van der Waals surface area contributed by atoms with Crippen LogP contribution in [-0.4, -0.2) is 42.0 Å². The van der Waals surface area contributed by atoms with Crippen molar-refractivity contribution >= 4 is 22.6 Å². The van der Waals surface area contributed by atoms with Gasteiger partial charge in [-0.2, -0.15) is 0 Å². The predicted octanol–water partition coefficient (Wildman–Crippen LogP) is 3.48. The van der Waals surface area contributed by atoms with E-state index in [1.807, 2.05) is 47.4 Å². The first-order chi connectivity index (χ1) is 13.2. The van der Waals surface area contributed by atoms with Crippen LogP contribution in [0.4, 0.5) is 5.82 Å². The Kier molecular flexibility index (Phi) is 4.92. The molecule has 1 aromatic heterocycles. The lowest BCUT2D eigenvalue weighted by Gasteiger charge is -2.35. The molecule has 0 radical (unpaired) electrons. The number of fused-ring (bicyclic) bond motifs is 1. The molecular weight excluding hydrogens is 338 g/mol. The van der Waals surface area contributed by atoms with Crippen LogP contribution in [0.25, 0.3) is 10.9 Å². The van der Waals surface area contributed by atoms with Crippen LogP contribution in [0.3, 0.4) is 0 Å². The summed E-state index contributed by atoms with van der Waals surface area (Å²) in [7, 11) is 0. The number of rotatable bonds is 4. The van der Waals surface area contributed by atoms with Gasteiger partial charge in [0.1, 0.15) is 18.2 Å². The third kappa shape index (κ3) is 4.03. The molecule has 2 aromatic carbocycles. The minimum Gasteiger partial charge on any atom is -0.489 e. The Morgan fingerprint density at radius 1 is 1.00 bits per heavy atom. The zero-order valence-corrected chi connectivity index (χ0v) is 15.5. The van der Waals surface area contributed by atoms with Gasteiger partial charge in [-0.1, -0.05) is 30.3 Å². The van der Waals surface area contributed by atoms with E-state index in [2.05, 4.69) is 23.1 Å². The van der Waals surface area contributed by atoms with Crippen LogP contribution in [0.5, 0.6) is 5.75 Å².